The van der Waals surface area contributed by atoms with Gasteiger partial charge in [0, 0.05) is 23.4 Å². The van der Waals surface area contributed by atoms with E-state index >= 15 is 0 Å². The topological polar surface area (TPSA) is 62.0 Å². The van der Waals surface area contributed by atoms with Crippen LogP contribution in [0.3, 0.4) is 0 Å². The number of carbonyl (C=O) groups excluding carboxylic acids is 1. The van der Waals surface area contributed by atoms with Gasteiger partial charge in [-0.25, -0.2) is 0 Å². The molecule has 0 aliphatic heterocycles. The number of pyridine rings is 1. The molecular formula is C15H16N2O2S. The van der Waals surface area contributed by atoms with Crippen molar-refractivity contribution in [2.24, 2.45) is 0 Å². The van der Waals surface area contributed by atoms with Crippen molar-refractivity contribution in [1.82, 2.24) is 10.3 Å². The Labute approximate surface area is 121 Å². The number of nitrogens with one attached hydrogen (secondary N) is 2. The zero-order chi connectivity index (χ0) is 14.5. The molecule has 0 radical (unpaired) electrons. The van der Waals surface area contributed by atoms with Crippen molar-refractivity contribution in [2.45, 2.75) is 17.9 Å². The second-order valence-corrected chi connectivity index (χ2v) is 5.27. The van der Waals surface area contributed by atoms with Crippen molar-refractivity contribution in [1.29, 1.82) is 0 Å². The Bertz CT molecular complexity index is 649. The highest BCUT2D eigenvalue weighted by Gasteiger charge is 2.13. The van der Waals surface area contributed by atoms with Crippen molar-refractivity contribution >= 4 is 17.7 Å². The van der Waals surface area contributed by atoms with Crippen molar-refractivity contribution in [2.75, 3.05) is 6.26 Å². The van der Waals surface area contributed by atoms with E-state index in [1.807, 2.05) is 37.4 Å². The summed E-state index contributed by atoms with van der Waals surface area (Å²) in [7, 11) is 0. The van der Waals surface area contributed by atoms with Crippen LogP contribution in [0.4, 0.5) is 0 Å². The number of hydrogen-bond acceptors (Lipinski definition) is 3. The van der Waals surface area contributed by atoms with Gasteiger partial charge in [-0.15, -0.1) is 11.8 Å². The van der Waals surface area contributed by atoms with Crippen LogP contribution in [-0.2, 0) is 0 Å². The van der Waals surface area contributed by atoms with Gasteiger partial charge in [-0.1, -0.05) is 12.1 Å². The molecule has 1 aromatic carbocycles. The van der Waals surface area contributed by atoms with E-state index in [0.29, 0.717) is 0 Å². The summed E-state index contributed by atoms with van der Waals surface area (Å²) in [5, 5.41) is 2.83. The molecule has 1 amide bonds. The molecule has 0 saturated carbocycles. The first-order valence-corrected chi connectivity index (χ1v) is 7.46. The molecule has 0 spiro atoms. The molecule has 1 aromatic heterocycles. The van der Waals surface area contributed by atoms with Gasteiger partial charge in [0.2, 0.25) is 0 Å². The number of thioether (sulfide) groups is 1. The zero-order valence-electron chi connectivity index (χ0n) is 11.3. The molecule has 2 N–H and O–H groups in total. The summed E-state index contributed by atoms with van der Waals surface area (Å²) in [5.74, 6) is -0.367. The molecule has 2 aromatic rings. The Balaban J connectivity index is 2.11. The summed E-state index contributed by atoms with van der Waals surface area (Å²) >= 11 is 1.67. The van der Waals surface area contributed by atoms with Gasteiger partial charge in [-0.3, -0.25) is 9.59 Å². The Kier molecular flexibility index (Phi) is 4.63. The molecule has 1 atom stereocenters. The van der Waals surface area contributed by atoms with Crippen LogP contribution in [0.5, 0.6) is 0 Å². The van der Waals surface area contributed by atoms with E-state index in [9.17, 15) is 9.59 Å². The van der Waals surface area contributed by atoms with Gasteiger partial charge in [0.05, 0.1) is 6.04 Å². The second-order valence-electron chi connectivity index (χ2n) is 4.39. The van der Waals surface area contributed by atoms with E-state index in [0.717, 1.165) is 5.56 Å². The minimum atomic E-state index is -0.367. The first-order valence-electron chi connectivity index (χ1n) is 6.23. The molecule has 20 heavy (non-hydrogen) atoms. The normalized spacial score (nSPS) is 11.9. The van der Waals surface area contributed by atoms with Gasteiger partial charge < -0.3 is 10.3 Å². The van der Waals surface area contributed by atoms with Crippen LogP contribution in [0.1, 0.15) is 28.9 Å². The average molecular weight is 288 g/mol. The van der Waals surface area contributed by atoms with E-state index in [2.05, 4.69) is 10.3 Å². The SMILES string of the molecule is CSc1ccc(C(C)NC(=O)c2c[nH]ccc2=O)cc1. The number of carbonyl (C=O) groups is 1. The number of rotatable bonds is 4. The zero-order valence-corrected chi connectivity index (χ0v) is 12.2. The summed E-state index contributed by atoms with van der Waals surface area (Å²) < 4.78 is 0. The number of benzene rings is 1. The molecular weight excluding hydrogens is 272 g/mol. The Morgan fingerprint density at radius 3 is 2.55 bits per heavy atom. The molecule has 1 unspecified atom stereocenters. The molecule has 0 aliphatic rings. The van der Waals surface area contributed by atoms with Gasteiger partial charge in [-0.2, -0.15) is 0 Å². The summed E-state index contributed by atoms with van der Waals surface area (Å²) in [6.45, 7) is 1.89. The minimum absolute atomic E-state index is 0.125. The summed E-state index contributed by atoms with van der Waals surface area (Å²) in [6, 6.07) is 9.17. The molecule has 0 aliphatic carbocycles. The van der Waals surface area contributed by atoms with E-state index in [4.69, 9.17) is 0 Å². The maximum atomic E-state index is 12.0. The lowest BCUT2D eigenvalue weighted by Crippen LogP contribution is -2.30. The lowest BCUT2D eigenvalue weighted by Gasteiger charge is -2.14. The lowest BCUT2D eigenvalue weighted by molar-refractivity contribution is 0.0938. The van der Waals surface area contributed by atoms with Gasteiger partial charge in [0.25, 0.3) is 5.91 Å². The first kappa shape index (κ1) is 14.4. The van der Waals surface area contributed by atoms with Crippen LogP contribution in [0.25, 0.3) is 0 Å². The number of aromatic amines is 1. The van der Waals surface area contributed by atoms with Gasteiger partial charge in [0.15, 0.2) is 5.43 Å². The van der Waals surface area contributed by atoms with Crippen LogP contribution in [0, 0.1) is 0 Å². The third-order valence-corrected chi connectivity index (χ3v) is 3.78. The molecule has 0 fully saturated rings. The Hall–Kier alpha value is -2.01. The van der Waals surface area contributed by atoms with Crippen molar-refractivity contribution < 1.29 is 4.79 Å². The second kappa shape index (κ2) is 6.43. The first-order chi connectivity index (χ1) is 9.61. The quantitative estimate of drug-likeness (QED) is 0.850. The molecule has 0 saturated heterocycles. The Morgan fingerprint density at radius 1 is 1.25 bits per heavy atom. The molecule has 2 rings (SSSR count). The predicted octanol–water partition coefficient (Wildman–Crippen LogP) is 2.59. The average Bonchev–Trinajstić information content (AvgIpc) is 2.47. The van der Waals surface area contributed by atoms with E-state index in [-0.39, 0.29) is 22.9 Å². The maximum absolute atomic E-state index is 12.0. The highest BCUT2D eigenvalue weighted by Crippen LogP contribution is 2.18. The van der Waals surface area contributed by atoms with Gasteiger partial charge in [0.1, 0.15) is 5.56 Å². The van der Waals surface area contributed by atoms with Crippen LogP contribution >= 0.6 is 11.8 Å². The maximum Gasteiger partial charge on any atom is 0.257 e. The minimum Gasteiger partial charge on any atom is -0.367 e. The third-order valence-electron chi connectivity index (χ3n) is 3.03. The standard InChI is InChI=1S/C15H16N2O2S/c1-10(11-3-5-12(20-2)6-4-11)17-15(19)13-9-16-8-7-14(13)18/h3-10H,1-2H3,(H,16,18)(H,17,19). The fourth-order valence-corrected chi connectivity index (χ4v) is 2.25. The van der Waals surface area contributed by atoms with Crippen molar-refractivity contribution in [3.05, 3.63) is 64.1 Å². The largest absolute Gasteiger partial charge is 0.367 e. The van der Waals surface area contributed by atoms with E-state index < -0.39 is 0 Å². The van der Waals surface area contributed by atoms with Gasteiger partial charge in [-0.05, 0) is 30.9 Å². The van der Waals surface area contributed by atoms with Crippen LogP contribution < -0.4 is 10.7 Å². The monoisotopic (exact) mass is 288 g/mol. The third kappa shape index (κ3) is 3.30. The summed E-state index contributed by atoms with van der Waals surface area (Å²) in [4.78, 5) is 27.5. The number of H-pyrrole nitrogens is 1. The molecule has 104 valence electrons. The highest BCUT2D eigenvalue weighted by atomic mass is 32.2. The lowest BCUT2D eigenvalue weighted by atomic mass is 10.1. The summed E-state index contributed by atoms with van der Waals surface area (Å²) in [5.41, 5.74) is 0.842. The molecule has 5 heteroatoms. The fraction of sp³-hybridized carbons (Fsp3) is 0.200. The van der Waals surface area contributed by atoms with E-state index in [1.54, 1.807) is 11.8 Å². The van der Waals surface area contributed by atoms with Gasteiger partial charge >= 0.3 is 0 Å². The molecule has 4 nitrogen and oxygen atoms in total. The van der Waals surface area contributed by atoms with Crippen LogP contribution in [0.15, 0.2) is 52.4 Å². The highest BCUT2D eigenvalue weighted by molar-refractivity contribution is 7.98. The predicted molar refractivity (Wildman–Crippen MR) is 81.2 cm³/mol. The molecule has 1 heterocycles. The number of aromatic nitrogens is 1. The van der Waals surface area contributed by atoms with Crippen LogP contribution in [-0.4, -0.2) is 17.1 Å². The van der Waals surface area contributed by atoms with Crippen molar-refractivity contribution in [3.63, 3.8) is 0 Å². The smallest absolute Gasteiger partial charge is 0.257 e. The number of amides is 1. The number of hydrogen-bond donors (Lipinski definition) is 2. The molecule has 0 bridgehead atoms. The Morgan fingerprint density at radius 2 is 1.95 bits per heavy atom. The van der Waals surface area contributed by atoms with Crippen molar-refractivity contribution in [3.8, 4) is 0 Å². The fourth-order valence-electron chi connectivity index (χ4n) is 1.84. The van der Waals surface area contributed by atoms with E-state index in [1.165, 1.54) is 23.4 Å². The summed E-state index contributed by atoms with van der Waals surface area (Å²) in [6.07, 6.45) is 4.94. The van der Waals surface area contributed by atoms with Crippen LogP contribution in [0.2, 0.25) is 0 Å².